The van der Waals surface area contributed by atoms with Crippen LogP contribution in [0.25, 0.3) is 0 Å². The summed E-state index contributed by atoms with van der Waals surface area (Å²) in [5, 5.41) is 3.00. The van der Waals surface area contributed by atoms with Crippen molar-refractivity contribution in [2.75, 3.05) is 5.73 Å². The molecule has 3 nitrogen and oxygen atoms in total. The normalized spacial score (nSPS) is 12.2. The number of nitrogen functional groups attached to an aromatic ring is 1. The van der Waals surface area contributed by atoms with Crippen LogP contribution in [0.1, 0.15) is 49.9 Å². The van der Waals surface area contributed by atoms with Crippen molar-refractivity contribution in [3.63, 3.8) is 0 Å². The molecule has 0 radical (unpaired) electrons. The van der Waals surface area contributed by atoms with Gasteiger partial charge in [0, 0.05) is 21.8 Å². The van der Waals surface area contributed by atoms with Gasteiger partial charge in [-0.15, -0.1) is 0 Å². The number of carbonyl (C=O) groups is 1. The Labute approximate surface area is 117 Å². The van der Waals surface area contributed by atoms with Crippen LogP contribution in [0.2, 0.25) is 0 Å². The van der Waals surface area contributed by atoms with Crippen LogP contribution >= 0.6 is 15.9 Å². The van der Waals surface area contributed by atoms with Gasteiger partial charge >= 0.3 is 0 Å². The molecule has 1 amide bonds. The van der Waals surface area contributed by atoms with Gasteiger partial charge in [0.2, 0.25) is 0 Å². The Kier molecular flexibility index (Phi) is 6.19. The Morgan fingerprint density at radius 1 is 1.44 bits per heavy atom. The molecule has 0 aliphatic rings. The van der Waals surface area contributed by atoms with Crippen molar-refractivity contribution >= 4 is 27.5 Å². The third-order valence-electron chi connectivity index (χ3n) is 2.88. The fourth-order valence-corrected chi connectivity index (χ4v) is 2.13. The first-order valence-electron chi connectivity index (χ1n) is 6.40. The summed E-state index contributed by atoms with van der Waals surface area (Å²) in [7, 11) is 0. The number of nitrogens with two attached hydrogens (primary N) is 1. The van der Waals surface area contributed by atoms with Gasteiger partial charge in [0.1, 0.15) is 0 Å². The summed E-state index contributed by atoms with van der Waals surface area (Å²) < 4.78 is 0.758. The number of amides is 1. The van der Waals surface area contributed by atoms with Crippen LogP contribution in [0, 0.1) is 0 Å². The second-order valence-electron chi connectivity index (χ2n) is 4.61. The van der Waals surface area contributed by atoms with Gasteiger partial charge in [-0.25, -0.2) is 0 Å². The lowest BCUT2D eigenvalue weighted by atomic mass is 10.1. The van der Waals surface area contributed by atoms with Crippen LogP contribution in [0.15, 0.2) is 22.7 Å². The lowest BCUT2D eigenvalue weighted by Gasteiger charge is -2.14. The van der Waals surface area contributed by atoms with Gasteiger partial charge in [0.25, 0.3) is 5.91 Å². The minimum Gasteiger partial charge on any atom is -0.398 e. The average Bonchev–Trinajstić information content (AvgIpc) is 2.33. The number of carbonyl (C=O) groups excluding carboxylic acids is 1. The summed E-state index contributed by atoms with van der Waals surface area (Å²) in [5.74, 6) is -0.0419. The molecule has 0 heterocycles. The van der Waals surface area contributed by atoms with Crippen LogP contribution < -0.4 is 11.1 Å². The van der Waals surface area contributed by atoms with E-state index in [0.29, 0.717) is 11.3 Å². The molecule has 100 valence electrons. The van der Waals surface area contributed by atoms with E-state index in [1.165, 1.54) is 12.8 Å². The van der Waals surface area contributed by atoms with Gasteiger partial charge in [0.05, 0.1) is 0 Å². The van der Waals surface area contributed by atoms with Gasteiger partial charge < -0.3 is 11.1 Å². The molecule has 1 aromatic carbocycles. The average molecular weight is 313 g/mol. The quantitative estimate of drug-likeness (QED) is 0.621. The highest BCUT2D eigenvalue weighted by Crippen LogP contribution is 2.20. The van der Waals surface area contributed by atoms with Crippen LogP contribution in [0.3, 0.4) is 0 Å². The Hall–Kier alpha value is -1.03. The molecule has 0 spiro atoms. The first kappa shape index (κ1) is 15.0. The van der Waals surface area contributed by atoms with Crippen LogP contribution in [-0.4, -0.2) is 11.9 Å². The Morgan fingerprint density at radius 2 is 2.17 bits per heavy atom. The monoisotopic (exact) mass is 312 g/mol. The Morgan fingerprint density at radius 3 is 2.78 bits per heavy atom. The topological polar surface area (TPSA) is 55.1 Å². The predicted molar refractivity (Wildman–Crippen MR) is 79.6 cm³/mol. The molecule has 0 saturated carbocycles. The molecule has 1 atom stereocenters. The smallest absolute Gasteiger partial charge is 0.251 e. The zero-order chi connectivity index (χ0) is 13.5. The maximum Gasteiger partial charge on any atom is 0.251 e. The van der Waals surface area contributed by atoms with E-state index in [0.717, 1.165) is 17.3 Å². The van der Waals surface area contributed by atoms with Gasteiger partial charge in [0.15, 0.2) is 0 Å². The first-order chi connectivity index (χ1) is 8.54. The molecule has 0 fully saturated rings. The van der Waals surface area contributed by atoms with Crippen molar-refractivity contribution in [1.29, 1.82) is 0 Å². The van der Waals surface area contributed by atoms with Crippen molar-refractivity contribution < 1.29 is 4.79 Å². The maximum absolute atomic E-state index is 12.0. The van der Waals surface area contributed by atoms with Crippen molar-refractivity contribution in [2.45, 2.75) is 45.6 Å². The number of benzene rings is 1. The fourth-order valence-electron chi connectivity index (χ4n) is 1.75. The van der Waals surface area contributed by atoms with Gasteiger partial charge in [-0.05, 0) is 47.5 Å². The zero-order valence-electron chi connectivity index (χ0n) is 11.0. The molecule has 1 rings (SSSR count). The van der Waals surface area contributed by atoms with E-state index in [1.807, 2.05) is 6.92 Å². The fraction of sp³-hybridized carbons (Fsp3) is 0.500. The molecule has 1 unspecified atom stereocenters. The van der Waals surface area contributed by atoms with E-state index >= 15 is 0 Å². The molecular formula is C14H21BrN2O. The minimum atomic E-state index is -0.0419. The van der Waals surface area contributed by atoms with Crippen molar-refractivity contribution in [1.82, 2.24) is 5.32 Å². The summed E-state index contributed by atoms with van der Waals surface area (Å²) >= 11 is 3.33. The second kappa shape index (κ2) is 7.41. The molecule has 0 aromatic heterocycles. The van der Waals surface area contributed by atoms with Crippen molar-refractivity contribution in [2.24, 2.45) is 0 Å². The summed E-state index contributed by atoms with van der Waals surface area (Å²) in [6.45, 7) is 4.22. The molecule has 18 heavy (non-hydrogen) atoms. The second-order valence-corrected chi connectivity index (χ2v) is 5.46. The maximum atomic E-state index is 12.0. The van der Waals surface area contributed by atoms with E-state index in [-0.39, 0.29) is 11.9 Å². The number of nitrogens with one attached hydrogen (secondary N) is 1. The minimum absolute atomic E-state index is 0.0419. The molecule has 4 heteroatoms. The van der Waals surface area contributed by atoms with Gasteiger partial charge in [-0.2, -0.15) is 0 Å². The summed E-state index contributed by atoms with van der Waals surface area (Å²) in [6.07, 6.45) is 4.60. The lowest BCUT2D eigenvalue weighted by Crippen LogP contribution is -2.32. The van der Waals surface area contributed by atoms with E-state index in [1.54, 1.807) is 18.2 Å². The van der Waals surface area contributed by atoms with Crippen molar-refractivity contribution in [3.8, 4) is 0 Å². The lowest BCUT2D eigenvalue weighted by molar-refractivity contribution is 0.0938. The van der Waals surface area contributed by atoms with Gasteiger partial charge in [-0.3, -0.25) is 4.79 Å². The van der Waals surface area contributed by atoms with Crippen molar-refractivity contribution in [3.05, 3.63) is 28.2 Å². The van der Waals surface area contributed by atoms with E-state index in [4.69, 9.17) is 5.73 Å². The number of hydrogen-bond acceptors (Lipinski definition) is 2. The summed E-state index contributed by atoms with van der Waals surface area (Å²) in [5.41, 5.74) is 6.97. The number of hydrogen-bond donors (Lipinski definition) is 2. The highest BCUT2D eigenvalue weighted by atomic mass is 79.9. The van der Waals surface area contributed by atoms with Crippen LogP contribution in [0.5, 0.6) is 0 Å². The SMILES string of the molecule is CCCCCC(C)NC(=O)c1ccc(N)c(Br)c1. The van der Waals surface area contributed by atoms with Crippen LogP contribution in [0.4, 0.5) is 5.69 Å². The standard InChI is InChI=1S/C14H21BrN2O/c1-3-4-5-6-10(2)17-14(18)11-7-8-13(16)12(15)9-11/h7-10H,3-6,16H2,1-2H3,(H,17,18). The molecule has 3 N–H and O–H groups in total. The summed E-state index contributed by atoms with van der Waals surface area (Å²) in [4.78, 5) is 12.0. The van der Waals surface area contributed by atoms with Crippen LogP contribution in [-0.2, 0) is 0 Å². The Bertz CT molecular complexity index is 407. The molecule has 0 saturated heterocycles. The molecule has 0 bridgehead atoms. The highest BCUT2D eigenvalue weighted by Gasteiger charge is 2.10. The Balaban J connectivity index is 2.51. The number of rotatable bonds is 6. The van der Waals surface area contributed by atoms with Gasteiger partial charge in [-0.1, -0.05) is 26.2 Å². The van der Waals surface area contributed by atoms with E-state index in [9.17, 15) is 4.79 Å². The predicted octanol–water partition coefficient (Wildman–Crippen LogP) is 3.73. The molecular weight excluding hydrogens is 292 g/mol. The molecule has 0 aliphatic heterocycles. The molecule has 1 aromatic rings. The largest absolute Gasteiger partial charge is 0.398 e. The number of unbranched alkanes of at least 4 members (excludes halogenated alkanes) is 2. The third-order valence-corrected chi connectivity index (χ3v) is 3.57. The number of anilines is 1. The summed E-state index contributed by atoms with van der Waals surface area (Å²) in [6, 6.07) is 5.44. The molecule has 0 aliphatic carbocycles. The van der Waals surface area contributed by atoms with E-state index in [2.05, 4.69) is 28.2 Å². The third kappa shape index (κ3) is 4.69. The van der Waals surface area contributed by atoms with E-state index < -0.39 is 0 Å². The first-order valence-corrected chi connectivity index (χ1v) is 7.19. The zero-order valence-corrected chi connectivity index (χ0v) is 12.6. The number of halogens is 1. The highest BCUT2D eigenvalue weighted by molar-refractivity contribution is 9.10.